The summed E-state index contributed by atoms with van der Waals surface area (Å²) in [6.45, 7) is 0. The van der Waals surface area contributed by atoms with Gasteiger partial charge in [0.2, 0.25) is 0 Å². The van der Waals surface area contributed by atoms with Crippen molar-refractivity contribution in [1.29, 1.82) is 0 Å². The fraction of sp³-hybridized carbons (Fsp3) is 0.0182. The minimum Gasteiger partial charge on any atom is -0.456 e. The maximum atomic E-state index is 6.49. The Morgan fingerprint density at radius 2 is 1.12 bits per heavy atom. The summed E-state index contributed by atoms with van der Waals surface area (Å²) in [5, 5.41) is 10.6. The molecule has 1 unspecified atom stereocenters. The number of para-hydroxylation sites is 1. The summed E-state index contributed by atoms with van der Waals surface area (Å²) in [4.78, 5) is 10.7. The van der Waals surface area contributed by atoms with E-state index in [2.05, 4.69) is 180 Å². The molecule has 0 saturated heterocycles. The van der Waals surface area contributed by atoms with Crippen LogP contribution < -0.4 is 5.32 Å². The van der Waals surface area contributed by atoms with E-state index >= 15 is 0 Å². The highest BCUT2D eigenvalue weighted by molar-refractivity contribution is 6.21. The second kappa shape index (κ2) is 13.8. The SMILES string of the molecule is c1ccc(C2=NC(c3ccc(-n4c5cc6ccccc6cc5c5c(-c6ccccc6)cccc54)cc3-c3cccc4oc5ccccc5c34)=NC(c3ccccc3)N2)cc1. The van der Waals surface area contributed by atoms with Gasteiger partial charge in [0.1, 0.15) is 23.2 Å². The van der Waals surface area contributed by atoms with Crippen molar-refractivity contribution in [2.75, 3.05) is 0 Å². The molecule has 0 bridgehead atoms. The van der Waals surface area contributed by atoms with Gasteiger partial charge in [0.15, 0.2) is 5.84 Å². The topological polar surface area (TPSA) is 54.8 Å². The first-order valence-electron chi connectivity index (χ1n) is 20.4. The van der Waals surface area contributed by atoms with Gasteiger partial charge in [-0.15, -0.1) is 0 Å². The number of benzene rings is 9. The van der Waals surface area contributed by atoms with Crippen LogP contribution in [0.5, 0.6) is 0 Å². The average molecular weight is 769 g/mol. The molecule has 1 N–H and O–H groups in total. The fourth-order valence-corrected chi connectivity index (χ4v) is 9.10. The second-order valence-electron chi connectivity index (χ2n) is 15.4. The minimum absolute atomic E-state index is 0.339. The third kappa shape index (κ3) is 5.55. The predicted octanol–water partition coefficient (Wildman–Crippen LogP) is 13.7. The third-order valence-electron chi connectivity index (χ3n) is 11.8. The van der Waals surface area contributed by atoms with Crippen LogP contribution in [0.3, 0.4) is 0 Å². The molecule has 12 rings (SSSR count). The van der Waals surface area contributed by atoms with E-state index < -0.39 is 0 Å². The van der Waals surface area contributed by atoms with Gasteiger partial charge in [0.05, 0.1) is 11.0 Å². The van der Waals surface area contributed by atoms with Crippen molar-refractivity contribution < 1.29 is 4.42 Å². The van der Waals surface area contributed by atoms with E-state index in [1.165, 1.54) is 32.7 Å². The molecule has 282 valence electrons. The molecule has 0 fully saturated rings. The molecule has 0 amide bonds. The van der Waals surface area contributed by atoms with Crippen LogP contribution in [0, 0.1) is 0 Å². The summed E-state index contributed by atoms with van der Waals surface area (Å²) in [7, 11) is 0. The lowest BCUT2D eigenvalue weighted by Crippen LogP contribution is -2.33. The average Bonchev–Trinajstić information content (AvgIpc) is 3.87. The lowest BCUT2D eigenvalue weighted by molar-refractivity contribution is 0.669. The molecule has 1 atom stereocenters. The van der Waals surface area contributed by atoms with Gasteiger partial charge in [-0.25, -0.2) is 9.98 Å². The molecule has 5 nitrogen and oxygen atoms in total. The number of hydrogen-bond acceptors (Lipinski definition) is 4. The van der Waals surface area contributed by atoms with Gasteiger partial charge in [0.25, 0.3) is 0 Å². The molecule has 1 aliphatic heterocycles. The van der Waals surface area contributed by atoms with Gasteiger partial charge in [-0.05, 0) is 87.1 Å². The number of furan rings is 1. The Labute approximate surface area is 346 Å². The molecule has 9 aromatic carbocycles. The van der Waals surface area contributed by atoms with E-state index in [1.807, 2.05) is 36.4 Å². The highest BCUT2D eigenvalue weighted by atomic mass is 16.3. The number of nitrogens with one attached hydrogen (secondary N) is 1. The second-order valence-corrected chi connectivity index (χ2v) is 15.4. The maximum absolute atomic E-state index is 6.49. The number of aromatic nitrogens is 1. The summed E-state index contributed by atoms with van der Waals surface area (Å²) in [5.41, 5.74) is 12.5. The van der Waals surface area contributed by atoms with Crippen LogP contribution in [0.15, 0.2) is 221 Å². The van der Waals surface area contributed by atoms with Crippen molar-refractivity contribution in [2.24, 2.45) is 9.98 Å². The quantitative estimate of drug-likeness (QED) is 0.183. The van der Waals surface area contributed by atoms with Crippen molar-refractivity contribution in [3.05, 3.63) is 223 Å². The van der Waals surface area contributed by atoms with Gasteiger partial charge in [-0.3, -0.25) is 0 Å². The number of amidine groups is 2. The van der Waals surface area contributed by atoms with Crippen LogP contribution in [0.2, 0.25) is 0 Å². The Hall–Kier alpha value is -8.02. The monoisotopic (exact) mass is 768 g/mol. The Bertz CT molecular complexity index is 3510. The zero-order valence-corrected chi connectivity index (χ0v) is 32.5. The molecular weight excluding hydrogens is 733 g/mol. The third-order valence-corrected chi connectivity index (χ3v) is 11.8. The van der Waals surface area contributed by atoms with Crippen LogP contribution in [-0.4, -0.2) is 16.2 Å². The summed E-state index contributed by atoms with van der Waals surface area (Å²) in [5.74, 6) is 1.44. The zero-order chi connectivity index (χ0) is 39.6. The van der Waals surface area contributed by atoms with E-state index in [9.17, 15) is 0 Å². The van der Waals surface area contributed by atoms with Crippen LogP contribution in [-0.2, 0) is 0 Å². The number of hydrogen-bond donors (Lipinski definition) is 1. The molecule has 0 spiro atoms. The summed E-state index contributed by atoms with van der Waals surface area (Å²) < 4.78 is 8.92. The summed E-state index contributed by atoms with van der Waals surface area (Å²) in [6, 6.07) is 72.9. The molecule has 3 heterocycles. The summed E-state index contributed by atoms with van der Waals surface area (Å²) in [6.07, 6.45) is -0.339. The van der Waals surface area contributed by atoms with Gasteiger partial charge < -0.3 is 14.3 Å². The van der Waals surface area contributed by atoms with Crippen LogP contribution in [0.4, 0.5) is 0 Å². The van der Waals surface area contributed by atoms with Gasteiger partial charge in [0, 0.05) is 38.4 Å². The van der Waals surface area contributed by atoms with Crippen LogP contribution in [0.1, 0.15) is 22.9 Å². The molecular formula is C55H36N4O. The van der Waals surface area contributed by atoms with E-state index in [0.717, 1.165) is 72.3 Å². The first kappa shape index (κ1) is 34.1. The minimum atomic E-state index is -0.339. The van der Waals surface area contributed by atoms with Crippen molar-refractivity contribution in [3.8, 4) is 27.9 Å². The highest BCUT2D eigenvalue weighted by Crippen LogP contribution is 2.43. The number of nitrogens with zero attached hydrogens (tertiary/aromatic N) is 3. The van der Waals surface area contributed by atoms with Crippen molar-refractivity contribution in [1.82, 2.24) is 9.88 Å². The van der Waals surface area contributed by atoms with E-state index in [0.29, 0.717) is 5.84 Å². The normalized spacial score (nSPS) is 14.2. The van der Waals surface area contributed by atoms with Crippen molar-refractivity contribution >= 4 is 66.2 Å². The first-order valence-corrected chi connectivity index (χ1v) is 20.4. The number of fused-ring (bicyclic) bond motifs is 7. The first-order chi connectivity index (χ1) is 29.7. The molecule has 0 radical (unpaired) electrons. The van der Waals surface area contributed by atoms with Crippen molar-refractivity contribution in [3.63, 3.8) is 0 Å². The molecule has 60 heavy (non-hydrogen) atoms. The zero-order valence-electron chi connectivity index (χ0n) is 32.5. The van der Waals surface area contributed by atoms with E-state index in [-0.39, 0.29) is 6.17 Å². The fourth-order valence-electron chi connectivity index (χ4n) is 9.10. The van der Waals surface area contributed by atoms with Gasteiger partial charge >= 0.3 is 0 Å². The Balaban J connectivity index is 1.17. The smallest absolute Gasteiger partial charge is 0.160 e. The lowest BCUT2D eigenvalue weighted by Gasteiger charge is -2.25. The Morgan fingerprint density at radius 3 is 1.93 bits per heavy atom. The standard InChI is InChI=1S/C55H36N4O/c1-4-16-35(17-5-1)41-25-14-27-47-51(41)46-32-38-22-10-11-23-39(38)33-48(46)59(47)40-30-31-43(45(34-40)42-26-15-29-50-52(42)44-24-12-13-28-49(44)60-50)55-57-53(36-18-6-2-7-19-36)56-54(58-55)37-20-8-3-9-21-37/h1-34,53H,(H,56,57,58). The van der Waals surface area contributed by atoms with E-state index in [1.54, 1.807) is 0 Å². The predicted molar refractivity (Wildman–Crippen MR) is 248 cm³/mol. The lowest BCUT2D eigenvalue weighted by atomic mass is 9.93. The largest absolute Gasteiger partial charge is 0.456 e. The Kier molecular flexibility index (Phi) is 7.85. The van der Waals surface area contributed by atoms with Crippen LogP contribution >= 0.6 is 0 Å². The number of rotatable bonds is 6. The number of aliphatic imine (C=N–C) groups is 2. The molecule has 2 aromatic heterocycles. The highest BCUT2D eigenvalue weighted by Gasteiger charge is 2.25. The van der Waals surface area contributed by atoms with Crippen LogP contribution in [0.25, 0.3) is 82.5 Å². The molecule has 1 aliphatic rings. The molecule has 0 saturated carbocycles. The van der Waals surface area contributed by atoms with E-state index in [4.69, 9.17) is 14.4 Å². The molecule has 11 aromatic rings. The Morgan fingerprint density at radius 1 is 0.450 bits per heavy atom. The summed E-state index contributed by atoms with van der Waals surface area (Å²) >= 11 is 0. The maximum Gasteiger partial charge on any atom is 0.160 e. The molecule has 0 aliphatic carbocycles. The van der Waals surface area contributed by atoms with Gasteiger partial charge in [-0.2, -0.15) is 0 Å². The molecule has 5 heteroatoms. The van der Waals surface area contributed by atoms with Crippen molar-refractivity contribution in [2.45, 2.75) is 6.17 Å². The van der Waals surface area contributed by atoms with Gasteiger partial charge in [-0.1, -0.05) is 158 Å².